The van der Waals surface area contributed by atoms with Gasteiger partial charge in [-0.25, -0.2) is 4.98 Å². The molecule has 19 heavy (non-hydrogen) atoms. The number of aromatic nitrogens is 2. The van der Waals surface area contributed by atoms with E-state index < -0.39 is 11.7 Å². The molecule has 0 atom stereocenters. The minimum atomic E-state index is -4.32. The van der Waals surface area contributed by atoms with Crippen molar-refractivity contribution in [3.8, 4) is 0 Å². The predicted octanol–water partition coefficient (Wildman–Crippen LogP) is 3.36. The molecule has 2 aromatic rings. The monoisotopic (exact) mass is 269 g/mol. The molecule has 0 radical (unpaired) electrons. The third kappa shape index (κ3) is 3.07. The molecule has 6 heteroatoms. The molecule has 0 amide bonds. The molecular formula is C13H14F3N3. The average Bonchev–Trinajstić information content (AvgIpc) is 2.72. The number of rotatable bonds is 3. The molecule has 1 heterocycles. The van der Waals surface area contributed by atoms with E-state index in [1.165, 1.54) is 6.07 Å². The van der Waals surface area contributed by atoms with Gasteiger partial charge < -0.3 is 9.88 Å². The van der Waals surface area contributed by atoms with Gasteiger partial charge in [0, 0.05) is 18.9 Å². The highest BCUT2D eigenvalue weighted by Crippen LogP contribution is 2.32. The first-order valence-electron chi connectivity index (χ1n) is 5.75. The highest BCUT2D eigenvalue weighted by Gasteiger charge is 2.30. The zero-order valence-corrected chi connectivity index (χ0v) is 10.6. The molecule has 102 valence electrons. The van der Waals surface area contributed by atoms with Crippen LogP contribution >= 0.6 is 0 Å². The zero-order chi connectivity index (χ0) is 14.0. The molecule has 0 bridgehead atoms. The van der Waals surface area contributed by atoms with Crippen LogP contribution in [0.4, 0.5) is 18.9 Å². The molecule has 0 fully saturated rings. The van der Waals surface area contributed by atoms with Gasteiger partial charge in [0.15, 0.2) is 0 Å². The second kappa shape index (κ2) is 4.95. The summed E-state index contributed by atoms with van der Waals surface area (Å²) in [6, 6.07) is 3.69. The van der Waals surface area contributed by atoms with Crippen LogP contribution in [0, 0.1) is 6.92 Å². The van der Waals surface area contributed by atoms with Crippen molar-refractivity contribution in [1.82, 2.24) is 9.55 Å². The lowest BCUT2D eigenvalue weighted by Gasteiger charge is -2.13. The van der Waals surface area contributed by atoms with E-state index in [9.17, 15) is 13.2 Å². The molecule has 0 aliphatic carbocycles. The molecule has 0 aliphatic heterocycles. The molecule has 0 aliphatic rings. The van der Waals surface area contributed by atoms with Crippen molar-refractivity contribution in [3.63, 3.8) is 0 Å². The van der Waals surface area contributed by atoms with Gasteiger partial charge in [0.2, 0.25) is 0 Å². The smallest absolute Gasteiger partial charge is 0.379 e. The van der Waals surface area contributed by atoms with Crippen molar-refractivity contribution in [2.75, 3.05) is 5.32 Å². The highest BCUT2D eigenvalue weighted by atomic mass is 19.4. The summed E-state index contributed by atoms with van der Waals surface area (Å²) in [5.41, 5.74) is 1.51. The largest absolute Gasteiger partial charge is 0.416 e. The Labute approximate surface area is 109 Å². The van der Waals surface area contributed by atoms with E-state index >= 15 is 0 Å². The molecule has 2 rings (SSSR count). The predicted molar refractivity (Wildman–Crippen MR) is 66.7 cm³/mol. The Balaban J connectivity index is 2.18. The zero-order valence-electron chi connectivity index (χ0n) is 10.6. The molecular weight excluding hydrogens is 255 g/mol. The maximum absolute atomic E-state index is 12.6. The summed E-state index contributed by atoms with van der Waals surface area (Å²) in [6.45, 7) is 2.20. The van der Waals surface area contributed by atoms with Crippen LogP contribution in [0.1, 0.15) is 16.8 Å². The number of hydrogen-bond donors (Lipinski definition) is 1. The summed E-state index contributed by atoms with van der Waals surface area (Å²) in [7, 11) is 1.84. The van der Waals surface area contributed by atoms with Crippen molar-refractivity contribution < 1.29 is 13.2 Å². The van der Waals surface area contributed by atoms with Gasteiger partial charge in [0.05, 0.1) is 24.1 Å². The van der Waals surface area contributed by atoms with Gasteiger partial charge in [-0.15, -0.1) is 0 Å². The molecule has 1 N–H and O–H groups in total. The van der Waals surface area contributed by atoms with Gasteiger partial charge in [0.25, 0.3) is 0 Å². The Morgan fingerprint density at radius 2 is 2.05 bits per heavy atom. The van der Waals surface area contributed by atoms with Gasteiger partial charge >= 0.3 is 6.18 Å². The number of nitrogens with one attached hydrogen (secondary N) is 1. The fourth-order valence-corrected chi connectivity index (χ4v) is 1.73. The number of hydrogen-bond acceptors (Lipinski definition) is 2. The van der Waals surface area contributed by atoms with E-state index in [4.69, 9.17) is 0 Å². The SMILES string of the molecule is Cc1ccc(C(F)(F)F)cc1NCc1cncn1C. The van der Waals surface area contributed by atoms with E-state index in [2.05, 4.69) is 10.3 Å². The number of alkyl halides is 3. The van der Waals surface area contributed by atoms with Gasteiger partial charge in [0.1, 0.15) is 0 Å². The fourth-order valence-electron chi connectivity index (χ4n) is 1.73. The molecule has 0 spiro atoms. The summed E-state index contributed by atoms with van der Waals surface area (Å²) < 4.78 is 39.7. The number of nitrogens with zero attached hydrogens (tertiary/aromatic N) is 2. The maximum atomic E-state index is 12.6. The topological polar surface area (TPSA) is 29.9 Å². The first kappa shape index (κ1) is 13.5. The van der Waals surface area contributed by atoms with Crippen LogP contribution in [-0.4, -0.2) is 9.55 Å². The Kier molecular flexibility index (Phi) is 3.50. The number of benzene rings is 1. The number of aryl methyl sites for hydroxylation is 2. The summed E-state index contributed by atoms with van der Waals surface area (Å²) in [5, 5.41) is 3.01. The maximum Gasteiger partial charge on any atom is 0.416 e. The molecule has 1 aromatic heterocycles. The normalized spacial score (nSPS) is 11.6. The quantitative estimate of drug-likeness (QED) is 0.926. The lowest BCUT2D eigenvalue weighted by Crippen LogP contribution is -2.08. The molecule has 0 unspecified atom stereocenters. The Morgan fingerprint density at radius 3 is 2.63 bits per heavy atom. The van der Waals surface area contributed by atoms with Crippen LogP contribution in [0.15, 0.2) is 30.7 Å². The van der Waals surface area contributed by atoms with Crippen molar-refractivity contribution >= 4 is 5.69 Å². The van der Waals surface area contributed by atoms with Crippen LogP contribution in [0.2, 0.25) is 0 Å². The number of imidazole rings is 1. The van der Waals surface area contributed by atoms with E-state index in [0.29, 0.717) is 12.2 Å². The van der Waals surface area contributed by atoms with Crippen LogP contribution in [0.25, 0.3) is 0 Å². The summed E-state index contributed by atoms with van der Waals surface area (Å²) in [5.74, 6) is 0. The van der Waals surface area contributed by atoms with Crippen molar-refractivity contribution in [3.05, 3.63) is 47.5 Å². The lowest BCUT2D eigenvalue weighted by molar-refractivity contribution is -0.137. The Morgan fingerprint density at radius 1 is 1.32 bits per heavy atom. The van der Waals surface area contributed by atoms with E-state index in [0.717, 1.165) is 23.4 Å². The standard InChI is InChI=1S/C13H14F3N3/c1-9-3-4-10(13(14,15)16)5-12(9)18-7-11-6-17-8-19(11)2/h3-6,8,18H,7H2,1-2H3. The van der Waals surface area contributed by atoms with Crippen molar-refractivity contribution in [1.29, 1.82) is 0 Å². The van der Waals surface area contributed by atoms with Gasteiger partial charge in [-0.05, 0) is 24.6 Å². The Bertz CT molecular complexity index is 573. The molecule has 1 aromatic carbocycles. The fraction of sp³-hybridized carbons (Fsp3) is 0.308. The van der Waals surface area contributed by atoms with E-state index in [-0.39, 0.29) is 0 Å². The minimum absolute atomic E-state index is 0.429. The van der Waals surface area contributed by atoms with E-state index in [1.54, 1.807) is 19.4 Å². The number of halogens is 3. The molecule has 3 nitrogen and oxygen atoms in total. The van der Waals surface area contributed by atoms with Crippen molar-refractivity contribution in [2.24, 2.45) is 7.05 Å². The van der Waals surface area contributed by atoms with Crippen LogP contribution in [-0.2, 0) is 19.8 Å². The molecule has 0 saturated heterocycles. The lowest BCUT2D eigenvalue weighted by atomic mass is 10.1. The van der Waals surface area contributed by atoms with Crippen LogP contribution < -0.4 is 5.32 Å². The third-order valence-electron chi connectivity index (χ3n) is 2.94. The van der Waals surface area contributed by atoms with Gasteiger partial charge in [-0.2, -0.15) is 13.2 Å². The Hall–Kier alpha value is -1.98. The minimum Gasteiger partial charge on any atom is -0.379 e. The summed E-state index contributed by atoms with van der Waals surface area (Å²) >= 11 is 0. The number of anilines is 1. The summed E-state index contributed by atoms with van der Waals surface area (Å²) in [6.07, 6.45) is -0.997. The third-order valence-corrected chi connectivity index (χ3v) is 2.94. The van der Waals surface area contributed by atoms with Crippen molar-refractivity contribution in [2.45, 2.75) is 19.6 Å². The average molecular weight is 269 g/mol. The van der Waals surface area contributed by atoms with Gasteiger partial charge in [-0.1, -0.05) is 6.07 Å². The molecule has 0 saturated carbocycles. The first-order valence-corrected chi connectivity index (χ1v) is 5.75. The van der Waals surface area contributed by atoms with Gasteiger partial charge in [-0.3, -0.25) is 0 Å². The highest BCUT2D eigenvalue weighted by molar-refractivity contribution is 5.53. The second-order valence-electron chi connectivity index (χ2n) is 4.38. The van der Waals surface area contributed by atoms with Crippen LogP contribution in [0.5, 0.6) is 0 Å². The van der Waals surface area contributed by atoms with Crippen LogP contribution in [0.3, 0.4) is 0 Å². The first-order chi connectivity index (χ1) is 8.88. The summed E-state index contributed by atoms with van der Waals surface area (Å²) in [4.78, 5) is 3.96. The second-order valence-corrected chi connectivity index (χ2v) is 4.38. The van der Waals surface area contributed by atoms with E-state index in [1.807, 2.05) is 11.6 Å².